The summed E-state index contributed by atoms with van der Waals surface area (Å²) in [5, 5.41) is 0. The number of hydrogen-bond acceptors (Lipinski definition) is 2. The minimum absolute atomic E-state index is 0.276. The number of aromatic amines is 1. The van der Waals surface area contributed by atoms with Crippen molar-refractivity contribution >= 4 is 0 Å². The van der Waals surface area contributed by atoms with E-state index in [0.29, 0.717) is 6.54 Å². The Labute approximate surface area is 95.7 Å². The van der Waals surface area contributed by atoms with Gasteiger partial charge in [-0.05, 0) is 12.5 Å². The first-order valence-electron chi connectivity index (χ1n) is 5.53. The van der Waals surface area contributed by atoms with Gasteiger partial charge in [-0.1, -0.05) is 31.2 Å². The monoisotopic (exact) mass is 215 g/mol. The highest BCUT2D eigenvalue weighted by molar-refractivity contribution is 5.62. The second kappa shape index (κ2) is 4.49. The number of imidazole rings is 1. The number of hydrogen-bond donors (Lipinski definition) is 2. The van der Waals surface area contributed by atoms with Crippen LogP contribution in [-0.2, 0) is 0 Å². The number of aromatic nitrogens is 2. The van der Waals surface area contributed by atoms with E-state index in [0.717, 1.165) is 11.5 Å². The minimum atomic E-state index is 0.276. The Hall–Kier alpha value is -1.61. The van der Waals surface area contributed by atoms with Crippen LogP contribution in [0.5, 0.6) is 0 Å². The lowest BCUT2D eigenvalue weighted by atomic mass is 10.1. The second-order valence-corrected chi connectivity index (χ2v) is 4.13. The quantitative estimate of drug-likeness (QED) is 0.826. The van der Waals surface area contributed by atoms with E-state index < -0.39 is 0 Å². The summed E-state index contributed by atoms with van der Waals surface area (Å²) in [6.45, 7) is 4.78. The average Bonchev–Trinajstić information content (AvgIpc) is 2.78. The van der Waals surface area contributed by atoms with Gasteiger partial charge in [0.25, 0.3) is 0 Å². The minimum Gasteiger partial charge on any atom is -0.342 e. The molecule has 0 aliphatic carbocycles. The molecular formula is C13H17N3. The van der Waals surface area contributed by atoms with Crippen LogP contribution >= 0.6 is 0 Å². The van der Waals surface area contributed by atoms with Crippen molar-refractivity contribution in [3.8, 4) is 11.3 Å². The smallest absolute Gasteiger partial charge is 0.110 e. The van der Waals surface area contributed by atoms with Crippen molar-refractivity contribution in [3.63, 3.8) is 0 Å². The number of H-pyrrole nitrogens is 1. The van der Waals surface area contributed by atoms with Gasteiger partial charge < -0.3 is 10.7 Å². The van der Waals surface area contributed by atoms with Crippen molar-refractivity contribution in [2.45, 2.75) is 19.8 Å². The molecule has 16 heavy (non-hydrogen) atoms. The third kappa shape index (κ3) is 1.99. The Morgan fingerprint density at radius 1 is 1.38 bits per heavy atom. The molecule has 0 saturated heterocycles. The van der Waals surface area contributed by atoms with Crippen molar-refractivity contribution < 1.29 is 0 Å². The lowest BCUT2D eigenvalue weighted by Gasteiger charge is -2.04. The highest BCUT2D eigenvalue weighted by atomic mass is 14.9. The number of nitrogens with two attached hydrogens (primary N) is 1. The number of aryl methyl sites for hydroxylation is 1. The summed E-state index contributed by atoms with van der Waals surface area (Å²) in [6.07, 6.45) is 1.88. The average molecular weight is 215 g/mol. The first-order chi connectivity index (χ1) is 7.72. The fourth-order valence-corrected chi connectivity index (χ4v) is 1.71. The number of nitrogens with one attached hydrogen (secondary N) is 1. The van der Waals surface area contributed by atoms with E-state index in [-0.39, 0.29) is 5.92 Å². The molecule has 1 heterocycles. The summed E-state index contributed by atoms with van der Waals surface area (Å²) >= 11 is 0. The first kappa shape index (κ1) is 10.9. The van der Waals surface area contributed by atoms with Crippen LogP contribution in [-0.4, -0.2) is 16.5 Å². The maximum absolute atomic E-state index is 5.62. The molecule has 3 heteroatoms. The molecule has 3 nitrogen and oxygen atoms in total. The molecule has 3 N–H and O–H groups in total. The van der Waals surface area contributed by atoms with Gasteiger partial charge in [-0.3, -0.25) is 0 Å². The summed E-state index contributed by atoms with van der Waals surface area (Å²) in [5.74, 6) is 1.23. The molecule has 1 unspecified atom stereocenters. The summed E-state index contributed by atoms with van der Waals surface area (Å²) in [7, 11) is 0. The fraction of sp³-hybridized carbons (Fsp3) is 0.308. The second-order valence-electron chi connectivity index (χ2n) is 4.13. The maximum Gasteiger partial charge on any atom is 0.110 e. The standard InChI is InChI=1S/C13H17N3/c1-9-5-3-4-6-11(9)12-8-15-13(16-12)10(2)7-14/h3-6,8,10H,7,14H2,1-2H3,(H,15,16). The molecule has 1 aromatic heterocycles. The Bertz CT molecular complexity index is 474. The number of rotatable bonds is 3. The lowest BCUT2D eigenvalue weighted by molar-refractivity contribution is 0.725. The molecule has 0 amide bonds. The topological polar surface area (TPSA) is 54.7 Å². The van der Waals surface area contributed by atoms with Gasteiger partial charge in [0.1, 0.15) is 5.82 Å². The summed E-state index contributed by atoms with van der Waals surface area (Å²) < 4.78 is 0. The van der Waals surface area contributed by atoms with Gasteiger partial charge in [-0.25, -0.2) is 4.98 Å². The Morgan fingerprint density at radius 3 is 2.81 bits per heavy atom. The predicted molar refractivity (Wildman–Crippen MR) is 66.2 cm³/mol. The summed E-state index contributed by atoms with van der Waals surface area (Å²) in [4.78, 5) is 7.70. The van der Waals surface area contributed by atoms with Crippen LogP contribution < -0.4 is 5.73 Å². The van der Waals surface area contributed by atoms with E-state index in [1.807, 2.05) is 18.3 Å². The highest BCUT2D eigenvalue weighted by Gasteiger charge is 2.09. The van der Waals surface area contributed by atoms with Gasteiger partial charge in [0.15, 0.2) is 0 Å². The van der Waals surface area contributed by atoms with Crippen LogP contribution in [0.3, 0.4) is 0 Å². The van der Waals surface area contributed by atoms with E-state index in [2.05, 4.69) is 35.9 Å². The zero-order chi connectivity index (χ0) is 11.5. The molecule has 0 radical (unpaired) electrons. The zero-order valence-corrected chi connectivity index (χ0v) is 9.70. The molecule has 2 aromatic rings. The molecule has 0 fully saturated rings. The van der Waals surface area contributed by atoms with Crippen molar-refractivity contribution in [2.24, 2.45) is 5.73 Å². The van der Waals surface area contributed by atoms with Crippen molar-refractivity contribution in [2.75, 3.05) is 6.54 Å². The molecular weight excluding hydrogens is 198 g/mol. The van der Waals surface area contributed by atoms with Gasteiger partial charge in [0.05, 0.1) is 11.9 Å². The highest BCUT2D eigenvalue weighted by Crippen LogP contribution is 2.22. The molecule has 1 aromatic carbocycles. The molecule has 0 aliphatic heterocycles. The summed E-state index contributed by atoms with van der Waals surface area (Å²) in [5.41, 5.74) is 9.13. The third-order valence-corrected chi connectivity index (χ3v) is 2.85. The van der Waals surface area contributed by atoms with Crippen LogP contribution in [0.25, 0.3) is 11.3 Å². The Morgan fingerprint density at radius 2 is 2.12 bits per heavy atom. The number of benzene rings is 1. The molecule has 0 bridgehead atoms. The van der Waals surface area contributed by atoms with Crippen LogP contribution in [0.2, 0.25) is 0 Å². The van der Waals surface area contributed by atoms with Crippen LogP contribution in [0.1, 0.15) is 24.2 Å². The lowest BCUT2D eigenvalue weighted by Crippen LogP contribution is -2.10. The zero-order valence-electron chi connectivity index (χ0n) is 9.70. The van der Waals surface area contributed by atoms with E-state index in [9.17, 15) is 0 Å². The largest absolute Gasteiger partial charge is 0.342 e. The Kier molecular flexibility index (Phi) is 3.06. The van der Waals surface area contributed by atoms with Crippen LogP contribution in [0, 0.1) is 6.92 Å². The van der Waals surface area contributed by atoms with Crippen LogP contribution in [0.4, 0.5) is 0 Å². The van der Waals surface area contributed by atoms with Crippen molar-refractivity contribution in [1.82, 2.24) is 9.97 Å². The SMILES string of the molecule is Cc1ccccc1-c1cnc(C(C)CN)[nH]1. The summed E-state index contributed by atoms with van der Waals surface area (Å²) in [6, 6.07) is 8.27. The van der Waals surface area contributed by atoms with E-state index in [4.69, 9.17) is 5.73 Å². The fourth-order valence-electron chi connectivity index (χ4n) is 1.71. The molecule has 1 atom stereocenters. The molecule has 84 valence electrons. The van der Waals surface area contributed by atoms with Gasteiger partial charge in [-0.15, -0.1) is 0 Å². The van der Waals surface area contributed by atoms with E-state index in [1.54, 1.807) is 0 Å². The first-order valence-corrected chi connectivity index (χ1v) is 5.53. The van der Waals surface area contributed by atoms with Crippen molar-refractivity contribution in [3.05, 3.63) is 41.9 Å². The maximum atomic E-state index is 5.62. The molecule has 0 aliphatic rings. The van der Waals surface area contributed by atoms with Gasteiger partial charge in [0, 0.05) is 18.0 Å². The Balaban J connectivity index is 2.35. The third-order valence-electron chi connectivity index (χ3n) is 2.85. The molecule has 0 saturated carbocycles. The molecule has 2 rings (SSSR count). The van der Waals surface area contributed by atoms with Gasteiger partial charge in [-0.2, -0.15) is 0 Å². The van der Waals surface area contributed by atoms with Crippen LogP contribution in [0.15, 0.2) is 30.5 Å². The van der Waals surface area contributed by atoms with E-state index in [1.165, 1.54) is 11.1 Å². The van der Waals surface area contributed by atoms with Gasteiger partial charge >= 0.3 is 0 Å². The number of nitrogens with zero attached hydrogens (tertiary/aromatic N) is 1. The van der Waals surface area contributed by atoms with E-state index >= 15 is 0 Å². The van der Waals surface area contributed by atoms with Crippen molar-refractivity contribution in [1.29, 1.82) is 0 Å². The normalized spacial score (nSPS) is 12.7. The predicted octanol–water partition coefficient (Wildman–Crippen LogP) is 2.45. The molecule has 0 spiro atoms. The van der Waals surface area contributed by atoms with Gasteiger partial charge in [0.2, 0.25) is 0 Å².